The van der Waals surface area contributed by atoms with Gasteiger partial charge in [0.25, 0.3) is 0 Å². The number of hydrogen-bond donors (Lipinski definition) is 1. The molecule has 9 heteroatoms. The van der Waals surface area contributed by atoms with Gasteiger partial charge in [-0.05, 0) is 36.7 Å². The molecule has 1 heterocycles. The first-order valence-electron chi connectivity index (χ1n) is 17.5. The molecular weight excluding hydrogens is 594 g/mol. The van der Waals surface area contributed by atoms with Gasteiger partial charge in [-0.15, -0.1) is 0 Å². The van der Waals surface area contributed by atoms with E-state index in [0.29, 0.717) is 13.1 Å². The smallest absolute Gasteiger partial charge is 0.226 e. The fraction of sp³-hybridized carbons (Fsp3) is 0.737. The molecule has 9 nitrogen and oxygen atoms in total. The van der Waals surface area contributed by atoms with Crippen LogP contribution in [0, 0.1) is 29.1 Å². The molecule has 1 aromatic rings. The van der Waals surface area contributed by atoms with Crippen molar-refractivity contribution in [1.82, 2.24) is 15.1 Å². The van der Waals surface area contributed by atoms with Crippen molar-refractivity contribution in [2.75, 3.05) is 34.4 Å². The maximum Gasteiger partial charge on any atom is 0.226 e. The predicted molar refractivity (Wildman–Crippen MR) is 187 cm³/mol. The molecule has 1 fully saturated rings. The van der Waals surface area contributed by atoms with Crippen LogP contribution in [0.5, 0.6) is 0 Å². The van der Waals surface area contributed by atoms with Crippen molar-refractivity contribution in [1.29, 1.82) is 0 Å². The highest BCUT2D eigenvalue weighted by atomic mass is 16.5. The molecule has 0 unspecified atom stereocenters. The molecule has 1 N–H and O–H groups in total. The van der Waals surface area contributed by atoms with E-state index in [0.717, 1.165) is 31.2 Å². The average Bonchev–Trinajstić information content (AvgIpc) is 3.52. The first-order valence-corrected chi connectivity index (χ1v) is 17.5. The molecule has 0 bridgehead atoms. The molecular formula is C38H63N3O6. The SMILES string of the molecule is CC[C@H](C)[C@@H]([C@@H](CC(=O)N1CCC[C@H]1[C@H](OC)[C@@H](C)C(=O)NCCc1ccccc1)OC)N(C)C(=O)[C@@H](CC(=O)C(C)(C)C)C(C)C. The van der Waals surface area contributed by atoms with E-state index in [1.54, 1.807) is 26.2 Å². The lowest BCUT2D eigenvalue weighted by Crippen LogP contribution is -2.54. The Kier molecular flexibility index (Phi) is 16.1. The van der Waals surface area contributed by atoms with Gasteiger partial charge >= 0.3 is 0 Å². The van der Waals surface area contributed by atoms with Crippen LogP contribution >= 0.6 is 0 Å². The Morgan fingerprint density at radius 1 is 1.00 bits per heavy atom. The number of amides is 3. The van der Waals surface area contributed by atoms with Crippen LogP contribution in [0.15, 0.2) is 30.3 Å². The molecule has 1 aromatic carbocycles. The second kappa shape index (κ2) is 18.7. The van der Waals surface area contributed by atoms with Gasteiger partial charge in [-0.25, -0.2) is 0 Å². The minimum Gasteiger partial charge on any atom is -0.379 e. The van der Waals surface area contributed by atoms with E-state index in [-0.39, 0.29) is 60.3 Å². The summed E-state index contributed by atoms with van der Waals surface area (Å²) in [4.78, 5) is 57.8. The van der Waals surface area contributed by atoms with Crippen LogP contribution in [0.3, 0.4) is 0 Å². The van der Waals surface area contributed by atoms with Gasteiger partial charge in [-0.1, -0.05) is 92.1 Å². The number of carbonyl (C=O) groups excluding carboxylic acids is 4. The summed E-state index contributed by atoms with van der Waals surface area (Å²) in [5.41, 5.74) is 0.626. The molecule has 1 aliphatic heterocycles. The normalized spacial score (nSPS) is 19.1. The molecule has 2 rings (SSSR count). The van der Waals surface area contributed by atoms with Gasteiger partial charge in [-0.2, -0.15) is 0 Å². The van der Waals surface area contributed by atoms with Gasteiger partial charge in [-0.3, -0.25) is 19.2 Å². The summed E-state index contributed by atoms with van der Waals surface area (Å²) in [7, 11) is 4.98. The Balaban J connectivity index is 2.19. The summed E-state index contributed by atoms with van der Waals surface area (Å²) in [6.45, 7) is 16.7. The van der Waals surface area contributed by atoms with Crippen molar-refractivity contribution in [2.45, 2.75) is 118 Å². The molecule has 1 saturated heterocycles. The second-order valence-corrected chi connectivity index (χ2v) is 14.8. The number of hydrogen-bond acceptors (Lipinski definition) is 6. The number of methoxy groups -OCH3 is 2. The van der Waals surface area contributed by atoms with Crippen molar-refractivity contribution in [3.63, 3.8) is 0 Å². The van der Waals surface area contributed by atoms with Crippen molar-refractivity contribution in [3.05, 3.63) is 35.9 Å². The van der Waals surface area contributed by atoms with E-state index in [9.17, 15) is 19.2 Å². The Bertz CT molecular complexity index is 1150. The number of Topliss-reactive ketones (excluding diaryl/α,β-unsaturated/α-hetero) is 1. The van der Waals surface area contributed by atoms with Crippen molar-refractivity contribution >= 4 is 23.5 Å². The number of carbonyl (C=O) groups is 4. The number of nitrogens with one attached hydrogen (secondary N) is 1. The van der Waals surface area contributed by atoms with Crippen LogP contribution < -0.4 is 5.32 Å². The number of benzene rings is 1. The number of likely N-dealkylation sites (tertiary alicyclic amines) is 1. The first kappa shape index (κ1) is 40.4. The molecule has 0 radical (unpaired) electrons. The third-order valence-corrected chi connectivity index (χ3v) is 10.2. The zero-order valence-corrected chi connectivity index (χ0v) is 31.0. The fourth-order valence-electron chi connectivity index (χ4n) is 6.82. The number of rotatable bonds is 18. The molecule has 47 heavy (non-hydrogen) atoms. The van der Waals surface area contributed by atoms with E-state index < -0.39 is 29.5 Å². The second-order valence-electron chi connectivity index (χ2n) is 14.8. The number of ketones is 1. The third-order valence-electron chi connectivity index (χ3n) is 10.2. The number of likely N-dealkylation sites (N-methyl/N-ethyl adjacent to an activating group) is 1. The third kappa shape index (κ3) is 11.1. The van der Waals surface area contributed by atoms with Gasteiger partial charge in [0.15, 0.2) is 0 Å². The summed E-state index contributed by atoms with van der Waals surface area (Å²) in [5.74, 6) is -1.09. The van der Waals surface area contributed by atoms with Gasteiger partial charge in [0, 0.05) is 52.1 Å². The lowest BCUT2D eigenvalue weighted by Gasteiger charge is -2.41. The molecule has 0 saturated carbocycles. The molecule has 7 atom stereocenters. The van der Waals surface area contributed by atoms with Crippen LogP contribution in [0.25, 0.3) is 0 Å². The number of ether oxygens (including phenoxy) is 2. The highest BCUT2D eigenvalue weighted by molar-refractivity contribution is 5.90. The van der Waals surface area contributed by atoms with Gasteiger partial charge in [0.05, 0.1) is 36.6 Å². The van der Waals surface area contributed by atoms with E-state index >= 15 is 0 Å². The Hall–Kier alpha value is -2.78. The Morgan fingerprint density at radius 3 is 2.17 bits per heavy atom. The molecule has 266 valence electrons. The van der Waals surface area contributed by atoms with Crippen LogP contribution in [0.1, 0.15) is 93.1 Å². The summed E-state index contributed by atoms with van der Waals surface area (Å²) >= 11 is 0. The highest BCUT2D eigenvalue weighted by Gasteiger charge is 2.43. The topological polar surface area (TPSA) is 105 Å². The molecule has 1 aliphatic rings. The largest absolute Gasteiger partial charge is 0.379 e. The molecule has 3 amide bonds. The van der Waals surface area contributed by atoms with E-state index in [1.165, 1.54) is 0 Å². The van der Waals surface area contributed by atoms with Crippen molar-refractivity contribution in [2.24, 2.45) is 29.1 Å². The predicted octanol–water partition coefficient (Wildman–Crippen LogP) is 5.54. The monoisotopic (exact) mass is 657 g/mol. The summed E-state index contributed by atoms with van der Waals surface area (Å²) in [6, 6.07) is 9.43. The molecule has 0 aliphatic carbocycles. The number of nitrogens with zero attached hydrogens (tertiary/aromatic N) is 2. The lowest BCUT2D eigenvalue weighted by molar-refractivity contribution is -0.149. The van der Waals surface area contributed by atoms with Gasteiger partial charge < -0.3 is 24.6 Å². The Labute approximate surface area is 284 Å². The van der Waals surface area contributed by atoms with E-state index in [2.05, 4.69) is 19.2 Å². The molecule has 0 aromatic heterocycles. The summed E-state index contributed by atoms with van der Waals surface area (Å²) < 4.78 is 11.9. The zero-order valence-electron chi connectivity index (χ0n) is 31.0. The maximum absolute atomic E-state index is 14.0. The van der Waals surface area contributed by atoms with Crippen molar-refractivity contribution < 1.29 is 28.7 Å². The van der Waals surface area contributed by atoms with Crippen molar-refractivity contribution in [3.8, 4) is 0 Å². The lowest BCUT2D eigenvalue weighted by atomic mass is 9.80. The minimum atomic E-state index is -0.543. The van der Waals surface area contributed by atoms with Crippen LogP contribution in [0.4, 0.5) is 0 Å². The van der Waals surface area contributed by atoms with E-state index in [1.807, 2.05) is 76.8 Å². The summed E-state index contributed by atoms with van der Waals surface area (Å²) in [6.07, 6.45) is 2.37. The van der Waals surface area contributed by atoms with Crippen LogP contribution in [-0.2, 0) is 35.1 Å². The quantitative estimate of drug-likeness (QED) is 0.222. The zero-order chi connectivity index (χ0) is 35.5. The van der Waals surface area contributed by atoms with Crippen LogP contribution in [-0.4, -0.2) is 92.0 Å². The van der Waals surface area contributed by atoms with E-state index in [4.69, 9.17) is 9.47 Å². The summed E-state index contributed by atoms with van der Waals surface area (Å²) in [5, 5.41) is 3.05. The maximum atomic E-state index is 14.0. The first-order chi connectivity index (χ1) is 22.1. The fourth-order valence-corrected chi connectivity index (χ4v) is 6.82. The van der Waals surface area contributed by atoms with Gasteiger partial charge in [0.2, 0.25) is 17.7 Å². The highest BCUT2D eigenvalue weighted by Crippen LogP contribution is 2.31. The Morgan fingerprint density at radius 2 is 1.64 bits per heavy atom. The van der Waals surface area contributed by atoms with Gasteiger partial charge in [0.1, 0.15) is 5.78 Å². The molecule has 0 spiro atoms. The standard InChI is InChI=1S/C38H63N3O6/c1-12-26(4)34(40(9)37(45)29(25(2)3)23-32(42)38(6,7)8)31(46-10)24-33(43)41-22-16-19-30(41)35(47-11)27(5)36(44)39-21-20-28-17-14-13-15-18-28/h13-15,17-18,25-27,29-31,34-35H,12,16,19-24H2,1-11H3,(H,39,44)/t26-,27+,29-,30-,31+,34-,35+/m0/s1. The minimum absolute atomic E-state index is 0.0228. The van der Waals surface area contributed by atoms with Crippen LogP contribution in [0.2, 0.25) is 0 Å². The average molecular weight is 658 g/mol.